The van der Waals surface area contributed by atoms with Gasteiger partial charge in [-0.25, -0.2) is 4.79 Å². The number of hydrogen-bond acceptors (Lipinski definition) is 8. The van der Waals surface area contributed by atoms with Gasteiger partial charge in [0.2, 0.25) is 0 Å². The van der Waals surface area contributed by atoms with Crippen LogP contribution in [-0.4, -0.2) is 46.9 Å². The molecule has 0 spiro atoms. The monoisotopic (exact) mass is 490 g/mol. The van der Waals surface area contributed by atoms with Crippen molar-refractivity contribution >= 4 is 40.1 Å². The van der Waals surface area contributed by atoms with Crippen LogP contribution in [-0.2, 0) is 11.2 Å². The van der Waals surface area contributed by atoms with Crippen molar-refractivity contribution < 1.29 is 28.9 Å². The minimum absolute atomic E-state index is 0.0558. The van der Waals surface area contributed by atoms with Crippen molar-refractivity contribution in [2.24, 2.45) is 0 Å². The lowest BCUT2D eigenvalue weighted by atomic mass is 9.89. The number of hydrogen-bond donors (Lipinski definition) is 1. The molecule has 4 rings (SSSR count). The number of carboxylic acids is 1. The van der Waals surface area contributed by atoms with Gasteiger partial charge in [0.05, 0.1) is 38.6 Å². The third-order valence-electron chi connectivity index (χ3n) is 5.51. The maximum Gasteiger partial charge on any atom is 0.336 e. The third kappa shape index (κ3) is 4.99. The molecular formula is C26H22N2O6S. The number of methoxy groups -OCH3 is 3. The van der Waals surface area contributed by atoms with Gasteiger partial charge in [-0.15, -0.1) is 0 Å². The van der Waals surface area contributed by atoms with E-state index >= 15 is 0 Å². The molecule has 0 aliphatic rings. The number of ether oxygens (including phenoxy) is 3. The smallest absolute Gasteiger partial charge is 0.336 e. The second-order valence-electron chi connectivity index (χ2n) is 7.55. The average molecular weight is 491 g/mol. The van der Waals surface area contributed by atoms with E-state index in [-0.39, 0.29) is 17.6 Å². The van der Waals surface area contributed by atoms with E-state index in [0.717, 1.165) is 11.7 Å². The van der Waals surface area contributed by atoms with Gasteiger partial charge in [-0.1, -0.05) is 12.1 Å². The van der Waals surface area contributed by atoms with Crippen molar-refractivity contribution in [3.63, 3.8) is 0 Å². The molecule has 0 fully saturated rings. The Bertz CT molecular complexity index is 1430. The summed E-state index contributed by atoms with van der Waals surface area (Å²) in [5, 5.41) is 10.3. The zero-order chi connectivity index (χ0) is 24.9. The van der Waals surface area contributed by atoms with Crippen molar-refractivity contribution in [1.29, 1.82) is 0 Å². The lowest BCUT2D eigenvalue weighted by Gasteiger charge is -2.15. The number of fused-ring (bicyclic) bond motifs is 1. The summed E-state index contributed by atoms with van der Waals surface area (Å²) in [5.74, 6) is -0.0237. The zero-order valence-electron chi connectivity index (χ0n) is 19.3. The van der Waals surface area contributed by atoms with Crippen molar-refractivity contribution in [2.45, 2.75) is 6.42 Å². The fraction of sp³-hybridized carbons (Fsp3) is 0.154. The lowest BCUT2D eigenvalue weighted by molar-refractivity contribution is -0.130. The highest BCUT2D eigenvalue weighted by Gasteiger charge is 2.25. The number of benzene rings is 3. The van der Waals surface area contributed by atoms with Crippen LogP contribution in [0.25, 0.3) is 16.6 Å². The third-order valence-corrected chi connectivity index (χ3v) is 6.07. The Morgan fingerprint density at radius 1 is 0.800 bits per heavy atom. The summed E-state index contributed by atoms with van der Waals surface area (Å²) < 4.78 is 24.3. The van der Waals surface area contributed by atoms with Gasteiger partial charge >= 0.3 is 5.97 Å². The first-order chi connectivity index (χ1) is 16.9. The van der Waals surface area contributed by atoms with Gasteiger partial charge in [0.15, 0.2) is 17.3 Å². The first-order valence-electron chi connectivity index (χ1n) is 10.5. The minimum Gasteiger partial charge on any atom is -0.497 e. The van der Waals surface area contributed by atoms with Crippen LogP contribution < -0.4 is 14.2 Å². The predicted molar refractivity (Wildman–Crippen MR) is 133 cm³/mol. The van der Waals surface area contributed by atoms with Gasteiger partial charge in [0.1, 0.15) is 16.8 Å². The molecule has 178 valence electrons. The summed E-state index contributed by atoms with van der Waals surface area (Å²) in [4.78, 5) is 26.3. The van der Waals surface area contributed by atoms with E-state index in [1.807, 2.05) is 0 Å². The maximum atomic E-state index is 13.7. The number of aliphatic carboxylic acids is 1. The average Bonchev–Trinajstić information content (AvgIpc) is 3.35. The molecule has 0 amide bonds. The van der Waals surface area contributed by atoms with E-state index < -0.39 is 11.8 Å². The molecule has 0 aliphatic heterocycles. The molecule has 1 aromatic heterocycles. The molecule has 8 nitrogen and oxygen atoms in total. The van der Waals surface area contributed by atoms with Gasteiger partial charge in [-0.2, -0.15) is 8.75 Å². The van der Waals surface area contributed by atoms with Crippen molar-refractivity contribution in [1.82, 2.24) is 8.75 Å². The van der Waals surface area contributed by atoms with Crippen molar-refractivity contribution in [3.8, 4) is 17.2 Å². The molecule has 35 heavy (non-hydrogen) atoms. The van der Waals surface area contributed by atoms with E-state index in [0.29, 0.717) is 45.0 Å². The summed E-state index contributed by atoms with van der Waals surface area (Å²) in [5.41, 5.74) is 2.65. The fourth-order valence-electron chi connectivity index (χ4n) is 3.76. The first-order valence-corrected chi connectivity index (χ1v) is 11.3. The fourth-order valence-corrected chi connectivity index (χ4v) is 4.28. The number of Topliss-reactive ketones (excluding diaryl/α,β-unsaturated/α-hetero) is 1. The van der Waals surface area contributed by atoms with Crippen LogP contribution in [0.4, 0.5) is 0 Å². The Balaban J connectivity index is 1.89. The van der Waals surface area contributed by atoms with Gasteiger partial charge < -0.3 is 19.3 Å². The maximum absolute atomic E-state index is 13.7. The SMILES string of the molecule is COc1ccc(C(=O)C(Cc2ccc(OC)c(OC)c2)=C(C(=O)O)c2ccc3nsnc3c2)cc1. The predicted octanol–water partition coefficient (Wildman–Crippen LogP) is 4.68. The Morgan fingerprint density at radius 3 is 2.14 bits per heavy atom. The minimum atomic E-state index is -1.22. The van der Waals surface area contributed by atoms with E-state index in [4.69, 9.17) is 14.2 Å². The molecule has 1 N–H and O–H groups in total. The summed E-state index contributed by atoms with van der Waals surface area (Å²) in [6.07, 6.45) is 0.0558. The quantitative estimate of drug-likeness (QED) is 0.266. The van der Waals surface area contributed by atoms with Gasteiger partial charge in [-0.05, 0) is 59.7 Å². The number of carbonyl (C=O) groups is 2. The Kier molecular flexibility index (Phi) is 7.07. The molecule has 0 saturated heterocycles. The van der Waals surface area contributed by atoms with E-state index in [2.05, 4.69) is 8.75 Å². The largest absolute Gasteiger partial charge is 0.497 e. The molecular weight excluding hydrogens is 468 g/mol. The van der Waals surface area contributed by atoms with E-state index in [9.17, 15) is 14.7 Å². The Labute approximate surface area is 205 Å². The van der Waals surface area contributed by atoms with Gasteiger partial charge in [0.25, 0.3) is 0 Å². The van der Waals surface area contributed by atoms with E-state index in [1.54, 1.807) is 60.7 Å². The number of allylic oxidation sites excluding steroid dienone is 1. The van der Waals surface area contributed by atoms with Crippen LogP contribution in [0.3, 0.4) is 0 Å². The van der Waals surface area contributed by atoms with Gasteiger partial charge in [0, 0.05) is 17.6 Å². The lowest BCUT2D eigenvalue weighted by Crippen LogP contribution is -2.14. The van der Waals surface area contributed by atoms with E-state index in [1.165, 1.54) is 21.3 Å². The molecule has 0 aliphatic carbocycles. The number of aromatic nitrogens is 2. The highest BCUT2D eigenvalue weighted by molar-refractivity contribution is 7.00. The van der Waals surface area contributed by atoms with Crippen molar-refractivity contribution in [2.75, 3.05) is 21.3 Å². The molecule has 4 aromatic rings. The summed E-state index contributed by atoms with van der Waals surface area (Å²) in [6, 6.07) is 16.7. The number of nitrogens with zero attached hydrogens (tertiary/aromatic N) is 2. The molecule has 0 bridgehead atoms. The molecule has 3 aromatic carbocycles. The molecule has 0 saturated carbocycles. The number of carbonyl (C=O) groups excluding carboxylic acids is 1. The standard InChI is InChI=1S/C26H22N2O6S/c1-32-18-8-5-16(6-9-18)25(29)19(12-15-4-11-22(33-2)23(13-15)34-3)24(26(30)31)17-7-10-20-21(14-17)28-35-27-20/h4-11,13-14H,12H2,1-3H3,(H,30,31). The molecule has 0 atom stereocenters. The van der Waals surface area contributed by atoms with Crippen molar-refractivity contribution in [3.05, 3.63) is 82.9 Å². The van der Waals surface area contributed by atoms with Crippen LogP contribution in [0.5, 0.6) is 17.2 Å². The molecule has 0 radical (unpaired) electrons. The molecule has 1 heterocycles. The highest BCUT2D eigenvalue weighted by atomic mass is 32.1. The highest BCUT2D eigenvalue weighted by Crippen LogP contribution is 2.32. The first kappa shape index (κ1) is 23.9. The van der Waals surface area contributed by atoms with Crippen LogP contribution in [0.15, 0.2) is 66.2 Å². The number of rotatable bonds is 9. The topological polar surface area (TPSA) is 108 Å². The van der Waals surface area contributed by atoms with Crippen LogP contribution in [0.2, 0.25) is 0 Å². The van der Waals surface area contributed by atoms with Crippen LogP contribution in [0, 0.1) is 0 Å². The normalized spacial score (nSPS) is 11.6. The summed E-state index contributed by atoms with van der Waals surface area (Å²) >= 11 is 1.04. The Hall–Kier alpha value is -4.24. The second kappa shape index (κ2) is 10.4. The molecule has 0 unspecified atom stereocenters. The number of ketones is 1. The zero-order valence-corrected chi connectivity index (χ0v) is 20.1. The van der Waals surface area contributed by atoms with Crippen LogP contribution >= 0.6 is 11.7 Å². The number of carboxylic acid groups (broad SMARTS) is 1. The molecule has 9 heteroatoms. The summed E-state index contributed by atoms with van der Waals surface area (Å²) in [6.45, 7) is 0. The van der Waals surface area contributed by atoms with Crippen LogP contribution in [0.1, 0.15) is 21.5 Å². The second-order valence-corrected chi connectivity index (χ2v) is 8.08. The van der Waals surface area contributed by atoms with Gasteiger partial charge in [-0.3, -0.25) is 4.79 Å². The Morgan fingerprint density at radius 2 is 1.49 bits per heavy atom. The summed E-state index contributed by atoms with van der Waals surface area (Å²) in [7, 11) is 4.58.